The Labute approximate surface area is 178 Å². The van der Waals surface area contributed by atoms with Crippen LogP contribution in [0, 0.1) is 18.3 Å². The molecule has 0 spiro atoms. The van der Waals surface area contributed by atoms with E-state index in [2.05, 4.69) is 39.8 Å². The lowest BCUT2D eigenvalue weighted by Crippen LogP contribution is -2.45. The number of hydrogen-bond acceptors (Lipinski definition) is 6. The number of rotatable bonds is 4. The third-order valence-electron chi connectivity index (χ3n) is 6.37. The second-order valence-corrected chi connectivity index (χ2v) is 8.57. The molecule has 2 saturated heterocycles. The molecule has 2 aromatic rings. The van der Waals surface area contributed by atoms with E-state index in [1.807, 2.05) is 24.4 Å². The Hall–Kier alpha value is -2.69. The van der Waals surface area contributed by atoms with E-state index >= 15 is 0 Å². The number of nitrogens with zero attached hydrogens (tertiary/aromatic N) is 6. The van der Waals surface area contributed by atoms with Crippen molar-refractivity contribution in [3.63, 3.8) is 0 Å². The van der Waals surface area contributed by atoms with Gasteiger partial charge in [-0.05, 0) is 56.6 Å². The van der Waals surface area contributed by atoms with Gasteiger partial charge in [0.25, 0.3) is 5.56 Å². The predicted octanol–water partition coefficient (Wildman–Crippen LogP) is 2.01. The van der Waals surface area contributed by atoms with E-state index in [-0.39, 0.29) is 11.6 Å². The first-order valence-electron chi connectivity index (χ1n) is 10.8. The van der Waals surface area contributed by atoms with E-state index in [1.165, 1.54) is 5.56 Å². The summed E-state index contributed by atoms with van der Waals surface area (Å²) < 4.78 is 1.68. The van der Waals surface area contributed by atoms with E-state index in [0.717, 1.165) is 69.9 Å². The molecule has 0 bridgehead atoms. The molecule has 2 aliphatic heterocycles. The van der Waals surface area contributed by atoms with Crippen molar-refractivity contribution in [2.45, 2.75) is 32.4 Å². The first-order valence-corrected chi connectivity index (χ1v) is 10.8. The van der Waals surface area contributed by atoms with Crippen LogP contribution in [0.2, 0.25) is 0 Å². The van der Waals surface area contributed by atoms with Crippen molar-refractivity contribution >= 4 is 5.69 Å². The highest BCUT2D eigenvalue weighted by molar-refractivity contribution is 5.43. The molecule has 158 valence electrons. The van der Waals surface area contributed by atoms with Crippen LogP contribution in [0.5, 0.6) is 0 Å². The second-order valence-electron chi connectivity index (χ2n) is 8.57. The van der Waals surface area contributed by atoms with E-state index in [0.29, 0.717) is 5.56 Å². The van der Waals surface area contributed by atoms with Crippen LogP contribution in [-0.2, 0) is 6.54 Å². The Bertz CT molecular complexity index is 986. The molecule has 3 heterocycles. The van der Waals surface area contributed by atoms with Crippen LogP contribution in [0.1, 0.15) is 35.6 Å². The number of likely N-dealkylation sites (tertiary alicyclic amines) is 1. The summed E-state index contributed by atoms with van der Waals surface area (Å²) in [5.74, 6) is 0. The Morgan fingerprint density at radius 3 is 2.67 bits per heavy atom. The van der Waals surface area contributed by atoms with Crippen LogP contribution in [-0.4, -0.2) is 65.9 Å². The molecule has 7 heteroatoms. The van der Waals surface area contributed by atoms with Crippen molar-refractivity contribution in [3.05, 3.63) is 57.5 Å². The van der Waals surface area contributed by atoms with Crippen molar-refractivity contribution in [1.29, 1.82) is 5.26 Å². The van der Waals surface area contributed by atoms with Gasteiger partial charge in [0.2, 0.25) is 0 Å². The number of aromatic nitrogens is 2. The first kappa shape index (κ1) is 20.6. The fraction of sp³-hybridized carbons (Fsp3) is 0.522. The van der Waals surface area contributed by atoms with Crippen LogP contribution >= 0.6 is 0 Å². The monoisotopic (exact) mass is 406 g/mol. The number of likely N-dealkylation sites (N-methyl/N-ethyl adjacent to an activating group) is 1. The summed E-state index contributed by atoms with van der Waals surface area (Å²) in [6.07, 6.45) is 3.88. The van der Waals surface area contributed by atoms with E-state index < -0.39 is 0 Å². The molecule has 0 radical (unpaired) electrons. The maximum absolute atomic E-state index is 12.9. The SMILES string of the molecule is Cc1cc(C#N)ccc1CN1CCC[C@H](n2ncc(N3CCN(C)CC3)cc2=O)C1. The smallest absolute Gasteiger partial charge is 0.269 e. The molecule has 1 aromatic carbocycles. The van der Waals surface area contributed by atoms with E-state index in [1.54, 1.807) is 10.7 Å². The molecule has 1 atom stereocenters. The maximum atomic E-state index is 12.9. The Balaban J connectivity index is 1.44. The van der Waals surface area contributed by atoms with Crippen molar-refractivity contribution in [3.8, 4) is 6.07 Å². The van der Waals surface area contributed by atoms with Gasteiger partial charge in [-0.3, -0.25) is 9.69 Å². The molecule has 0 N–H and O–H groups in total. The highest BCUT2D eigenvalue weighted by atomic mass is 16.1. The lowest BCUT2D eigenvalue weighted by Gasteiger charge is -2.35. The second kappa shape index (κ2) is 8.99. The van der Waals surface area contributed by atoms with Gasteiger partial charge in [0, 0.05) is 45.3 Å². The number of benzene rings is 1. The van der Waals surface area contributed by atoms with Crippen LogP contribution in [0.4, 0.5) is 5.69 Å². The number of nitriles is 1. The van der Waals surface area contributed by atoms with Gasteiger partial charge in [-0.1, -0.05) is 6.07 Å². The van der Waals surface area contributed by atoms with Gasteiger partial charge >= 0.3 is 0 Å². The van der Waals surface area contributed by atoms with Crippen LogP contribution in [0.25, 0.3) is 0 Å². The normalized spacial score (nSPS) is 20.8. The van der Waals surface area contributed by atoms with Gasteiger partial charge in [0.05, 0.1) is 29.6 Å². The minimum atomic E-state index is -0.00664. The van der Waals surface area contributed by atoms with Gasteiger partial charge < -0.3 is 9.80 Å². The molecule has 2 aliphatic rings. The summed E-state index contributed by atoms with van der Waals surface area (Å²) in [6.45, 7) is 8.61. The zero-order valence-electron chi connectivity index (χ0n) is 17.9. The van der Waals surface area contributed by atoms with Gasteiger partial charge in [0.15, 0.2) is 0 Å². The van der Waals surface area contributed by atoms with Crippen LogP contribution in [0.15, 0.2) is 35.3 Å². The Morgan fingerprint density at radius 1 is 1.17 bits per heavy atom. The molecule has 0 amide bonds. The lowest BCUT2D eigenvalue weighted by molar-refractivity contribution is 0.159. The summed E-state index contributed by atoms with van der Waals surface area (Å²) in [5.41, 5.74) is 4.00. The predicted molar refractivity (Wildman–Crippen MR) is 118 cm³/mol. The largest absolute Gasteiger partial charge is 0.368 e. The molecule has 0 saturated carbocycles. The number of aryl methyl sites for hydroxylation is 1. The van der Waals surface area contributed by atoms with Crippen molar-refractivity contribution in [2.24, 2.45) is 0 Å². The Kier molecular flexibility index (Phi) is 6.16. The molecule has 0 unspecified atom stereocenters. The molecule has 1 aromatic heterocycles. The first-order chi connectivity index (χ1) is 14.5. The third-order valence-corrected chi connectivity index (χ3v) is 6.37. The topological polar surface area (TPSA) is 68.4 Å². The average Bonchev–Trinajstić information content (AvgIpc) is 2.76. The summed E-state index contributed by atoms with van der Waals surface area (Å²) in [5, 5.41) is 13.6. The number of piperazine rings is 1. The van der Waals surface area contributed by atoms with Crippen molar-refractivity contribution < 1.29 is 0 Å². The zero-order chi connectivity index (χ0) is 21.1. The molecule has 2 fully saturated rings. The lowest BCUT2D eigenvalue weighted by atomic mass is 10.0. The highest BCUT2D eigenvalue weighted by Gasteiger charge is 2.24. The molecular formula is C23H30N6O. The van der Waals surface area contributed by atoms with E-state index in [9.17, 15) is 4.79 Å². The average molecular weight is 407 g/mol. The Morgan fingerprint density at radius 2 is 1.97 bits per heavy atom. The molecule has 7 nitrogen and oxygen atoms in total. The summed E-state index contributed by atoms with van der Waals surface area (Å²) in [7, 11) is 2.13. The fourth-order valence-electron chi connectivity index (χ4n) is 4.48. The van der Waals surface area contributed by atoms with Gasteiger partial charge in [-0.15, -0.1) is 0 Å². The molecular weight excluding hydrogens is 376 g/mol. The molecule has 30 heavy (non-hydrogen) atoms. The van der Waals surface area contributed by atoms with E-state index in [4.69, 9.17) is 5.26 Å². The van der Waals surface area contributed by atoms with Gasteiger partial charge in [-0.25, -0.2) is 4.68 Å². The fourth-order valence-corrected chi connectivity index (χ4v) is 4.48. The number of hydrogen-bond donors (Lipinski definition) is 0. The van der Waals surface area contributed by atoms with Crippen LogP contribution < -0.4 is 10.5 Å². The molecule has 4 rings (SSSR count). The number of piperidine rings is 1. The molecule has 0 aliphatic carbocycles. The quantitative estimate of drug-likeness (QED) is 0.774. The summed E-state index contributed by atoms with van der Waals surface area (Å²) in [4.78, 5) is 19.8. The van der Waals surface area contributed by atoms with Crippen molar-refractivity contribution in [2.75, 3.05) is 51.2 Å². The number of anilines is 1. The van der Waals surface area contributed by atoms with Crippen molar-refractivity contribution in [1.82, 2.24) is 19.6 Å². The highest BCUT2D eigenvalue weighted by Crippen LogP contribution is 2.23. The summed E-state index contributed by atoms with van der Waals surface area (Å²) >= 11 is 0. The summed E-state index contributed by atoms with van der Waals surface area (Å²) in [6, 6.07) is 9.93. The van der Waals surface area contributed by atoms with Crippen LogP contribution in [0.3, 0.4) is 0 Å². The standard InChI is InChI=1S/C23H30N6O/c1-18-12-19(14-24)5-6-20(18)16-27-7-3-4-21(17-27)29-23(30)13-22(15-25-29)28-10-8-26(2)9-11-28/h5-6,12-13,15,21H,3-4,7-11,16-17H2,1-2H3/t21-/m0/s1. The minimum absolute atomic E-state index is 0.00664. The third kappa shape index (κ3) is 4.55. The van der Waals surface area contributed by atoms with Gasteiger partial charge in [0.1, 0.15) is 0 Å². The zero-order valence-corrected chi connectivity index (χ0v) is 17.9. The van der Waals surface area contributed by atoms with Gasteiger partial charge in [-0.2, -0.15) is 10.4 Å². The minimum Gasteiger partial charge on any atom is -0.368 e. The maximum Gasteiger partial charge on any atom is 0.269 e.